The van der Waals surface area contributed by atoms with Crippen molar-refractivity contribution in [2.75, 3.05) is 7.11 Å². The Morgan fingerprint density at radius 3 is 2.42 bits per heavy atom. The second kappa shape index (κ2) is 5.01. The summed E-state index contributed by atoms with van der Waals surface area (Å²) >= 11 is 1.37. The minimum Gasteiger partial charge on any atom is -0.497 e. The molecule has 1 N–H and O–H groups in total. The van der Waals surface area contributed by atoms with Crippen LogP contribution in [0.5, 0.6) is 5.75 Å². The van der Waals surface area contributed by atoms with Crippen molar-refractivity contribution >= 4 is 17.3 Å². The van der Waals surface area contributed by atoms with Crippen molar-refractivity contribution in [2.45, 2.75) is 19.3 Å². The number of aromatic carboxylic acids is 1. The third-order valence-corrected chi connectivity index (χ3v) is 4.24. The quantitative estimate of drug-likeness (QED) is 0.932. The maximum Gasteiger partial charge on any atom is 0.355 e. The molecule has 1 aromatic carbocycles. The Hall–Kier alpha value is -1.88. The molecule has 0 amide bonds. The molecule has 0 aliphatic rings. The Bertz CT molecular complexity index is 587. The smallest absolute Gasteiger partial charge is 0.355 e. The first-order valence-electron chi connectivity index (χ1n) is 5.79. The molecule has 0 aliphatic heterocycles. The number of carboxylic acid groups (broad SMARTS) is 1. The van der Waals surface area contributed by atoms with E-state index in [0.29, 0.717) is 0 Å². The van der Waals surface area contributed by atoms with Gasteiger partial charge in [-0.2, -0.15) is 0 Å². The van der Waals surface area contributed by atoms with Crippen molar-refractivity contribution in [1.82, 2.24) is 4.98 Å². The van der Waals surface area contributed by atoms with E-state index in [-0.39, 0.29) is 11.1 Å². The highest BCUT2D eigenvalue weighted by Gasteiger charge is 2.27. The first kappa shape index (κ1) is 13.5. The number of benzene rings is 1. The average Bonchev–Trinajstić information content (AvgIpc) is 2.89. The number of hydrogen-bond acceptors (Lipinski definition) is 4. The molecule has 0 spiro atoms. The number of nitrogens with zero attached hydrogens (tertiary/aromatic N) is 1. The van der Waals surface area contributed by atoms with Gasteiger partial charge in [0, 0.05) is 10.8 Å². The van der Waals surface area contributed by atoms with Crippen LogP contribution >= 0.6 is 11.3 Å². The molecule has 1 aromatic heterocycles. The van der Waals surface area contributed by atoms with Crippen molar-refractivity contribution in [3.63, 3.8) is 0 Å². The molecular formula is C14H15NO3S. The van der Waals surface area contributed by atoms with E-state index >= 15 is 0 Å². The molecule has 0 saturated heterocycles. The zero-order valence-corrected chi connectivity index (χ0v) is 11.8. The lowest BCUT2D eigenvalue weighted by molar-refractivity contribution is 0.0691. The normalized spacial score (nSPS) is 11.3. The summed E-state index contributed by atoms with van der Waals surface area (Å²) in [6.07, 6.45) is 0. The molecule has 0 unspecified atom stereocenters. The number of rotatable bonds is 4. The van der Waals surface area contributed by atoms with Crippen LogP contribution in [0.4, 0.5) is 0 Å². The molecule has 0 fully saturated rings. The SMILES string of the molecule is COc1ccc(C(C)(C)c2nc(C(=O)O)cs2)cc1. The average molecular weight is 277 g/mol. The molecule has 0 saturated carbocycles. The lowest BCUT2D eigenvalue weighted by atomic mass is 9.85. The van der Waals surface area contributed by atoms with E-state index in [2.05, 4.69) is 4.98 Å². The molecule has 2 rings (SSSR count). The predicted octanol–water partition coefficient (Wildman–Crippen LogP) is 3.18. The zero-order chi connectivity index (χ0) is 14.0. The molecule has 100 valence electrons. The van der Waals surface area contributed by atoms with E-state index in [9.17, 15) is 4.79 Å². The highest BCUT2D eigenvalue weighted by molar-refractivity contribution is 7.10. The number of aromatic nitrogens is 1. The molecular weight excluding hydrogens is 262 g/mol. The summed E-state index contributed by atoms with van der Waals surface area (Å²) in [5.41, 5.74) is 0.839. The first-order chi connectivity index (χ1) is 8.95. The second-order valence-electron chi connectivity index (χ2n) is 4.70. The van der Waals surface area contributed by atoms with Crippen molar-refractivity contribution in [3.05, 3.63) is 45.9 Å². The molecule has 0 bridgehead atoms. The molecule has 4 nitrogen and oxygen atoms in total. The van der Waals surface area contributed by atoms with Gasteiger partial charge >= 0.3 is 5.97 Å². The third-order valence-electron chi connectivity index (χ3n) is 3.07. The molecule has 19 heavy (non-hydrogen) atoms. The maximum atomic E-state index is 10.9. The fourth-order valence-corrected chi connectivity index (χ4v) is 2.73. The van der Waals surface area contributed by atoms with Crippen LogP contribution in [0.25, 0.3) is 0 Å². The van der Waals surface area contributed by atoms with Gasteiger partial charge in [0.25, 0.3) is 0 Å². The standard InChI is InChI=1S/C14H15NO3S/c1-14(2,9-4-6-10(18-3)7-5-9)13-15-11(8-19-13)12(16)17/h4-8H,1-3H3,(H,16,17). The van der Waals surface area contributed by atoms with Crippen molar-refractivity contribution in [2.24, 2.45) is 0 Å². The number of methoxy groups -OCH3 is 1. The Labute approximate surface area is 115 Å². The third kappa shape index (κ3) is 2.61. The fraction of sp³-hybridized carbons (Fsp3) is 0.286. The lowest BCUT2D eigenvalue weighted by Crippen LogP contribution is -2.19. The van der Waals surface area contributed by atoms with Gasteiger partial charge in [-0.25, -0.2) is 9.78 Å². The minimum atomic E-state index is -0.993. The van der Waals surface area contributed by atoms with Crippen LogP contribution < -0.4 is 4.74 Å². The Balaban J connectivity index is 2.36. The van der Waals surface area contributed by atoms with Crippen LogP contribution in [0.2, 0.25) is 0 Å². The highest BCUT2D eigenvalue weighted by Crippen LogP contribution is 2.34. The van der Waals surface area contributed by atoms with Gasteiger partial charge in [-0.1, -0.05) is 12.1 Å². The van der Waals surface area contributed by atoms with E-state index in [1.807, 2.05) is 38.1 Å². The summed E-state index contributed by atoms with van der Waals surface area (Å²) in [5.74, 6) is -0.196. The number of ether oxygens (including phenoxy) is 1. The van der Waals surface area contributed by atoms with Gasteiger partial charge < -0.3 is 9.84 Å². The second-order valence-corrected chi connectivity index (χ2v) is 5.55. The summed E-state index contributed by atoms with van der Waals surface area (Å²) in [5, 5.41) is 11.3. The van der Waals surface area contributed by atoms with Crippen LogP contribution in [0.3, 0.4) is 0 Å². The maximum absolute atomic E-state index is 10.9. The summed E-state index contributed by atoms with van der Waals surface area (Å²) in [6.45, 7) is 4.05. The van der Waals surface area contributed by atoms with Gasteiger partial charge in [-0.05, 0) is 31.5 Å². The topological polar surface area (TPSA) is 59.4 Å². The Morgan fingerprint density at radius 1 is 1.32 bits per heavy atom. The highest BCUT2D eigenvalue weighted by atomic mass is 32.1. The molecule has 0 radical (unpaired) electrons. The summed E-state index contributed by atoms with van der Waals surface area (Å²) in [6, 6.07) is 7.73. The van der Waals surface area contributed by atoms with Crippen LogP contribution in [0, 0.1) is 0 Å². The minimum absolute atomic E-state index is 0.0987. The predicted molar refractivity (Wildman–Crippen MR) is 74.2 cm³/mol. The van der Waals surface area contributed by atoms with E-state index < -0.39 is 5.97 Å². The van der Waals surface area contributed by atoms with E-state index in [0.717, 1.165) is 16.3 Å². The largest absolute Gasteiger partial charge is 0.497 e. The number of carbonyl (C=O) groups is 1. The molecule has 1 heterocycles. The van der Waals surface area contributed by atoms with Gasteiger partial charge in [0.1, 0.15) is 10.8 Å². The van der Waals surface area contributed by atoms with Crippen molar-refractivity contribution in [1.29, 1.82) is 0 Å². The van der Waals surface area contributed by atoms with Crippen LogP contribution in [0.1, 0.15) is 34.9 Å². The van der Waals surface area contributed by atoms with Gasteiger partial charge in [0.15, 0.2) is 5.69 Å². The lowest BCUT2D eigenvalue weighted by Gasteiger charge is -2.22. The van der Waals surface area contributed by atoms with E-state index in [1.165, 1.54) is 11.3 Å². The van der Waals surface area contributed by atoms with Gasteiger partial charge in [-0.15, -0.1) is 11.3 Å². The van der Waals surface area contributed by atoms with E-state index in [4.69, 9.17) is 9.84 Å². The van der Waals surface area contributed by atoms with Crippen molar-refractivity contribution in [3.8, 4) is 5.75 Å². The summed E-state index contributed by atoms with van der Waals surface area (Å²) in [7, 11) is 1.63. The summed E-state index contributed by atoms with van der Waals surface area (Å²) in [4.78, 5) is 15.1. The molecule has 2 aromatic rings. The van der Waals surface area contributed by atoms with Crippen LogP contribution in [-0.4, -0.2) is 23.2 Å². The van der Waals surface area contributed by atoms with Gasteiger partial charge in [-0.3, -0.25) is 0 Å². The van der Waals surface area contributed by atoms with E-state index in [1.54, 1.807) is 12.5 Å². The monoisotopic (exact) mass is 277 g/mol. The van der Waals surface area contributed by atoms with Crippen LogP contribution in [0.15, 0.2) is 29.6 Å². The van der Waals surface area contributed by atoms with Gasteiger partial charge in [0.2, 0.25) is 0 Å². The Morgan fingerprint density at radius 2 is 1.95 bits per heavy atom. The van der Waals surface area contributed by atoms with Gasteiger partial charge in [0.05, 0.1) is 7.11 Å². The number of hydrogen-bond donors (Lipinski definition) is 1. The molecule has 0 atom stereocenters. The fourth-order valence-electron chi connectivity index (χ4n) is 1.79. The molecule has 0 aliphatic carbocycles. The van der Waals surface area contributed by atoms with Crippen molar-refractivity contribution < 1.29 is 14.6 Å². The summed E-state index contributed by atoms with van der Waals surface area (Å²) < 4.78 is 5.13. The Kier molecular flexibility index (Phi) is 3.57. The first-order valence-corrected chi connectivity index (χ1v) is 6.67. The van der Waals surface area contributed by atoms with Crippen LogP contribution in [-0.2, 0) is 5.41 Å². The number of carboxylic acids is 1. The molecule has 5 heteroatoms. The zero-order valence-electron chi connectivity index (χ0n) is 11.0. The number of thiazole rings is 1.